The average molecular weight is 357 g/mol. The van der Waals surface area contributed by atoms with Crippen molar-refractivity contribution in [2.75, 3.05) is 18.0 Å². The van der Waals surface area contributed by atoms with E-state index >= 15 is 0 Å². The molecule has 0 saturated carbocycles. The summed E-state index contributed by atoms with van der Waals surface area (Å²) in [4.78, 5) is 18.7. The third-order valence-corrected chi connectivity index (χ3v) is 5.61. The Labute approximate surface area is 159 Å². The lowest BCUT2D eigenvalue weighted by Crippen LogP contribution is -2.26. The molecular weight excluding hydrogens is 334 g/mol. The maximum atomic E-state index is 4.69. The number of anilines is 1. The van der Waals surface area contributed by atoms with Crippen LogP contribution in [-0.2, 0) is 32.5 Å². The summed E-state index contributed by atoms with van der Waals surface area (Å²) in [5.74, 6) is 1.12. The summed E-state index contributed by atoms with van der Waals surface area (Å²) in [7, 11) is 0. The van der Waals surface area contributed by atoms with Crippen LogP contribution in [0.3, 0.4) is 0 Å². The molecule has 3 aromatic rings. The fourth-order valence-corrected chi connectivity index (χ4v) is 4.19. The molecule has 0 unspecified atom stereocenters. The second-order valence-electron chi connectivity index (χ2n) is 7.34. The molecule has 0 bridgehead atoms. The first kappa shape index (κ1) is 16.4. The van der Waals surface area contributed by atoms with Crippen molar-refractivity contribution in [2.24, 2.45) is 0 Å². The Balaban J connectivity index is 1.36. The molecule has 27 heavy (non-hydrogen) atoms. The smallest absolute Gasteiger partial charge is 0.136 e. The molecule has 0 atom stereocenters. The second kappa shape index (κ2) is 7.08. The Bertz CT molecular complexity index is 915. The first-order chi connectivity index (χ1) is 13.4. The van der Waals surface area contributed by atoms with Crippen molar-refractivity contribution >= 4 is 5.82 Å². The molecule has 5 rings (SSSR count). The number of fused-ring (bicyclic) bond motifs is 2. The fourth-order valence-electron chi connectivity index (χ4n) is 4.19. The van der Waals surface area contributed by atoms with Crippen molar-refractivity contribution in [3.8, 4) is 0 Å². The van der Waals surface area contributed by atoms with Crippen molar-refractivity contribution in [3.63, 3.8) is 0 Å². The highest BCUT2D eigenvalue weighted by molar-refractivity contribution is 5.53. The largest absolute Gasteiger partial charge is 0.348 e. The third kappa shape index (κ3) is 3.30. The van der Waals surface area contributed by atoms with Gasteiger partial charge in [0.05, 0.1) is 11.4 Å². The fraction of sp³-hybridized carbons (Fsp3) is 0.318. The number of benzene rings is 1. The number of aromatic nitrogens is 3. The average Bonchev–Trinajstić information content (AvgIpc) is 3.04. The lowest BCUT2D eigenvalue weighted by atomic mass is 10.1. The van der Waals surface area contributed by atoms with E-state index in [1.807, 2.05) is 12.3 Å². The van der Waals surface area contributed by atoms with Gasteiger partial charge in [-0.05, 0) is 29.7 Å². The highest BCUT2D eigenvalue weighted by atomic mass is 15.2. The number of hydrogen-bond donors (Lipinski definition) is 0. The summed E-state index contributed by atoms with van der Waals surface area (Å²) >= 11 is 0. The Hall–Kier alpha value is -2.79. The van der Waals surface area contributed by atoms with Gasteiger partial charge in [0.15, 0.2) is 0 Å². The molecule has 0 N–H and O–H groups in total. The molecule has 0 saturated heterocycles. The van der Waals surface area contributed by atoms with E-state index in [2.05, 4.69) is 56.2 Å². The van der Waals surface area contributed by atoms with Gasteiger partial charge in [0, 0.05) is 50.9 Å². The number of pyridine rings is 1. The molecular formula is C22H23N5. The highest BCUT2D eigenvalue weighted by Crippen LogP contribution is 2.31. The lowest BCUT2D eigenvalue weighted by molar-refractivity contribution is 0.275. The van der Waals surface area contributed by atoms with E-state index in [0.29, 0.717) is 0 Å². The molecule has 1 aromatic carbocycles. The van der Waals surface area contributed by atoms with Crippen LogP contribution in [0, 0.1) is 0 Å². The van der Waals surface area contributed by atoms with Crippen LogP contribution in [0.2, 0.25) is 0 Å². The molecule has 2 aliphatic heterocycles. The van der Waals surface area contributed by atoms with Crippen molar-refractivity contribution < 1.29 is 0 Å². The molecule has 2 aromatic heterocycles. The van der Waals surface area contributed by atoms with Crippen LogP contribution >= 0.6 is 0 Å². The van der Waals surface area contributed by atoms with Crippen molar-refractivity contribution in [1.29, 1.82) is 0 Å². The lowest BCUT2D eigenvalue weighted by Gasteiger charge is -2.21. The maximum Gasteiger partial charge on any atom is 0.136 e. The molecule has 4 heterocycles. The van der Waals surface area contributed by atoms with Gasteiger partial charge in [0.1, 0.15) is 12.1 Å². The van der Waals surface area contributed by atoms with E-state index in [9.17, 15) is 0 Å². The Morgan fingerprint density at radius 1 is 0.815 bits per heavy atom. The molecule has 0 aliphatic carbocycles. The predicted molar refractivity (Wildman–Crippen MR) is 105 cm³/mol. The van der Waals surface area contributed by atoms with Gasteiger partial charge in [-0.25, -0.2) is 9.97 Å². The van der Waals surface area contributed by atoms with Crippen molar-refractivity contribution in [2.45, 2.75) is 32.5 Å². The van der Waals surface area contributed by atoms with E-state index in [-0.39, 0.29) is 0 Å². The zero-order valence-corrected chi connectivity index (χ0v) is 15.4. The van der Waals surface area contributed by atoms with Crippen LogP contribution in [0.1, 0.15) is 28.1 Å². The number of nitrogens with zero attached hydrogens (tertiary/aromatic N) is 5. The van der Waals surface area contributed by atoms with Crippen molar-refractivity contribution in [1.82, 2.24) is 19.9 Å². The van der Waals surface area contributed by atoms with Crippen LogP contribution < -0.4 is 4.90 Å². The van der Waals surface area contributed by atoms with Crippen LogP contribution in [0.15, 0.2) is 55.0 Å². The van der Waals surface area contributed by atoms with E-state index in [4.69, 9.17) is 4.98 Å². The second-order valence-corrected chi connectivity index (χ2v) is 7.34. The predicted octanol–water partition coefficient (Wildman–Crippen LogP) is 2.99. The van der Waals surface area contributed by atoms with E-state index < -0.39 is 0 Å². The molecule has 0 amide bonds. The minimum absolute atomic E-state index is 0.896. The number of rotatable bonds is 3. The Morgan fingerprint density at radius 2 is 1.59 bits per heavy atom. The molecule has 2 aliphatic rings. The Morgan fingerprint density at radius 3 is 2.37 bits per heavy atom. The van der Waals surface area contributed by atoms with E-state index in [1.54, 1.807) is 6.33 Å². The van der Waals surface area contributed by atoms with Gasteiger partial charge < -0.3 is 4.90 Å². The monoisotopic (exact) mass is 357 g/mol. The normalized spacial score (nSPS) is 16.7. The van der Waals surface area contributed by atoms with E-state index in [1.165, 1.54) is 22.4 Å². The number of hydrogen-bond acceptors (Lipinski definition) is 5. The van der Waals surface area contributed by atoms with Crippen LogP contribution in [0.4, 0.5) is 5.82 Å². The van der Waals surface area contributed by atoms with Gasteiger partial charge in [0.2, 0.25) is 0 Å². The molecule has 136 valence electrons. The topological polar surface area (TPSA) is 45.2 Å². The molecule has 5 nitrogen and oxygen atoms in total. The highest BCUT2D eigenvalue weighted by Gasteiger charge is 2.25. The van der Waals surface area contributed by atoms with Gasteiger partial charge in [-0.2, -0.15) is 0 Å². The van der Waals surface area contributed by atoms with Gasteiger partial charge in [-0.15, -0.1) is 0 Å². The maximum absolute atomic E-state index is 4.69. The standard InChI is InChI=1S/C22H23N5/c1-2-6-18-14-27(13-17(18)5-1)22-20-8-11-26(12-9-21(20)24-16-25-22)15-19-7-3-4-10-23-19/h1-7,10,16H,8-9,11-15H2. The van der Waals surface area contributed by atoms with Crippen molar-refractivity contribution in [3.05, 3.63) is 83.1 Å². The van der Waals surface area contributed by atoms with Gasteiger partial charge in [0.25, 0.3) is 0 Å². The minimum Gasteiger partial charge on any atom is -0.348 e. The molecule has 0 radical (unpaired) electrons. The van der Waals surface area contributed by atoms with Crippen LogP contribution in [-0.4, -0.2) is 32.9 Å². The Kier molecular flexibility index (Phi) is 4.30. The zero-order valence-electron chi connectivity index (χ0n) is 15.4. The zero-order chi connectivity index (χ0) is 18.1. The first-order valence-corrected chi connectivity index (χ1v) is 9.63. The van der Waals surface area contributed by atoms with Crippen LogP contribution in [0.5, 0.6) is 0 Å². The SMILES string of the molecule is c1ccc(CN2CCc3ncnc(N4Cc5ccccc5C4)c3CC2)nc1. The summed E-state index contributed by atoms with van der Waals surface area (Å²) in [5.41, 5.74) is 6.49. The summed E-state index contributed by atoms with van der Waals surface area (Å²) in [6, 6.07) is 14.8. The van der Waals surface area contributed by atoms with Gasteiger partial charge in [-0.1, -0.05) is 30.3 Å². The van der Waals surface area contributed by atoms with Gasteiger partial charge in [-0.3, -0.25) is 9.88 Å². The van der Waals surface area contributed by atoms with Crippen LogP contribution in [0.25, 0.3) is 0 Å². The van der Waals surface area contributed by atoms with Gasteiger partial charge >= 0.3 is 0 Å². The summed E-state index contributed by atoms with van der Waals surface area (Å²) in [6.45, 7) is 4.81. The third-order valence-electron chi connectivity index (χ3n) is 5.61. The molecule has 5 heteroatoms. The minimum atomic E-state index is 0.896. The quantitative estimate of drug-likeness (QED) is 0.721. The summed E-state index contributed by atoms with van der Waals surface area (Å²) in [5, 5.41) is 0. The molecule has 0 spiro atoms. The van der Waals surface area contributed by atoms with E-state index in [0.717, 1.165) is 57.1 Å². The summed E-state index contributed by atoms with van der Waals surface area (Å²) in [6.07, 6.45) is 5.58. The molecule has 0 fully saturated rings. The first-order valence-electron chi connectivity index (χ1n) is 9.63. The summed E-state index contributed by atoms with van der Waals surface area (Å²) < 4.78 is 0.